The third-order valence-corrected chi connectivity index (χ3v) is 0.954. The predicted octanol–water partition coefficient (Wildman–Crippen LogP) is 0.172. The van der Waals surface area contributed by atoms with Gasteiger partial charge in [0.05, 0.1) is 5.69 Å². The molecule has 1 heterocycles. The molecule has 0 saturated carbocycles. The fraction of sp³-hybridized carbons (Fsp3) is 0. The largest absolute Gasteiger partial charge is 0.265 e. The number of aromatic nitrogens is 1. The lowest BCUT2D eigenvalue weighted by molar-refractivity contribution is 0.618. The molecule has 0 atom stereocenters. The number of anilines is 1. The minimum atomic E-state index is 0.255. The van der Waals surface area contributed by atoms with Crippen molar-refractivity contribution in [2.24, 2.45) is 0 Å². The number of hydrogen-bond acceptors (Lipinski definition) is 2. The Balaban J connectivity index is 3.01. The first-order chi connectivity index (χ1) is 4.34. The van der Waals surface area contributed by atoms with Gasteiger partial charge in [0.2, 0.25) is 0 Å². The molecule has 0 saturated heterocycles. The Hall–Kier alpha value is -1.06. The summed E-state index contributed by atoms with van der Waals surface area (Å²) in [4.78, 5) is 3.66. The number of nitrogens with one attached hydrogen (secondary N) is 1. The topological polar surface area (TPSA) is 24.9 Å². The summed E-state index contributed by atoms with van der Waals surface area (Å²) in [5, 5.41) is 0. The van der Waals surface area contributed by atoms with Crippen LogP contribution >= 0.6 is 0 Å². The first-order valence-corrected chi connectivity index (χ1v) is 2.40. The number of halogens is 1. The molecule has 0 spiro atoms. The Morgan fingerprint density at radius 1 is 1.67 bits per heavy atom. The molecule has 0 unspecified atom stereocenters. The molecule has 0 aliphatic rings. The Bertz CT molecular complexity index is 204. The maximum Gasteiger partial charge on any atom is 0.119 e. The molecule has 0 amide bonds. The highest BCUT2D eigenvalue weighted by atomic mass is 19.2. The molecule has 2 radical (unpaired) electrons. The summed E-state index contributed by atoms with van der Waals surface area (Å²) in [5.41, 5.74) is 1.99. The molecule has 0 fully saturated rings. The molecule has 0 bridgehead atoms. The van der Waals surface area contributed by atoms with Crippen LogP contribution in [0.1, 0.15) is 0 Å². The van der Waals surface area contributed by atoms with E-state index in [1.54, 1.807) is 0 Å². The molecule has 2 nitrogen and oxygen atoms in total. The van der Waals surface area contributed by atoms with Crippen LogP contribution in [0.15, 0.2) is 18.5 Å². The van der Waals surface area contributed by atoms with Crippen LogP contribution in [0.3, 0.4) is 0 Å². The van der Waals surface area contributed by atoms with Crippen molar-refractivity contribution in [1.29, 1.82) is 0 Å². The fourth-order valence-corrected chi connectivity index (χ4v) is 0.493. The van der Waals surface area contributed by atoms with Crippen LogP contribution < -0.4 is 11.0 Å². The Labute approximate surface area is 53.5 Å². The molecular weight excluding hydrogens is 118 g/mol. The molecule has 0 aliphatic carbocycles. The summed E-state index contributed by atoms with van der Waals surface area (Å²) in [5.74, 6) is 0. The zero-order valence-electron chi connectivity index (χ0n) is 4.63. The monoisotopic (exact) mass is 122 g/mol. The molecule has 0 aliphatic heterocycles. The third-order valence-electron chi connectivity index (χ3n) is 0.954. The summed E-state index contributed by atoms with van der Waals surface area (Å²) < 4.78 is 11.6. The van der Waals surface area contributed by atoms with E-state index in [2.05, 4.69) is 4.98 Å². The van der Waals surface area contributed by atoms with E-state index in [0.29, 0.717) is 5.46 Å². The zero-order chi connectivity index (χ0) is 6.69. The molecule has 0 aromatic carbocycles. The van der Waals surface area contributed by atoms with Crippen molar-refractivity contribution in [3.05, 3.63) is 18.5 Å². The first kappa shape index (κ1) is 6.07. The van der Waals surface area contributed by atoms with Gasteiger partial charge in [0, 0.05) is 12.4 Å². The van der Waals surface area contributed by atoms with Crippen molar-refractivity contribution in [2.75, 3.05) is 5.54 Å². The van der Waals surface area contributed by atoms with E-state index in [-0.39, 0.29) is 5.69 Å². The van der Waals surface area contributed by atoms with Crippen molar-refractivity contribution < 1.29 is 4.48 Å². The number of pyridine rings is 1. The van der Waals surface area contributed by atoms with E-state index in [1.165, 1.54) is 24.0 Å². The summed E-state index contributed by atoms with van der Waals surface area (Å²) in [6.07, 6.45) is 2.83. The molecule has 1 aromatic rings. The second-order valence-corrected chi connectivity index (χ2v) is 1.56. The standard InChI is InChI=1S/C5H4BFN2/c6-4-3-8-2-1-5(4)9-7/h1-3H,(H,8,9). The predicted molar refractivity (Wildman–Crippen MR) is 34.4 cm³/mol. The van der Waals surface area contributed by atoms with Crippen molar-refractivity contribution >= 4 is 19.0 Å². The fourth-order valence-electron chi connectivity index (χ4n) is 0.493. The van der Waals surface area contributed by atoms with Crippen LogP contribution in [0.2, 0.25) is 0 Å². The second kappa shape index (κ2) is 2.48. The highest BCUT2D eigenvalue weighted by Crippen LogP contribution is 1.97. The Morgan fingerprint density at radius 3 is 2.89 bits per heavy atom. The minimum Gasteiger partial charge on any atom is -0.265 e. The zero-order valence-corrected chi connectivity index (χ0v) is 4.63. The first-order valence-electron chi connectivity index (χ1n) is 2.40. The number of nitrogens with zero attached hydrogens (tertiary/aromatic N) is 1. The van der Waals surface area contributed by atoms with Gasteiger partial charge in [0.25, 0.3) is 0 Å². The molecule has 1 N–H and O–H groups in total. The molecule has 44 valence electrons. The quantitative estimate of drug-likeness (QED) is 0.424. The number of hydrogen-bond donors (Lipinski definition) is 1. The molecule has 1 rings (SSSR count). The van der Waals surface area contributed by atoms with Gasteiger partial charge in [-0.15, -0.1) is 4.48 Å². The van der Waals surface area contributed by atoms with E-state index in [1.807, 2.05) is 0 Å². The van der Waals surface area contributed by atoms with Crippen LogP contribution in [0, 0.1) is 0 Å². The van der Waals surface area contributed by atoms with Gasteiger partial charge in [-0.25, -0.2) is 5.54 Å². The van der Waals surface area contributed by atoms with E-state index in [9.17, 15) is 4.48 Å². The van der Waals surface area contributed by atoms with Crippen molar-refractivity contribution in [3.8, 4) is 0 Å². The number of rotatable bonds is 1. The van der Waals surface area contributed by atoms with Gasteiger partial charge in [-0.05, 0) is 6.07 Å². The lowest BCUT2D eigenvalue weighted by Crippen LogP contribution is -2.07. The normalized spacial score (nSPS) is 9.00. The van der Waals surface area contributed by atoms with E-state index in [4.69, 9.17) is 7.85 Å². The van der Waals surface area contributed by atoms with Gasteiger partial charge in [-0.3, -0.25) is 4.98 Å². The van der Waals surface area contributed by atoms with Crippen molar-refractivity contribution in [2.45, 2.75) is 0 Å². The van der Waals surface area contributed by atoms with Gasteiger partial charge in [0.1, 0.15) is 7.85 Å². The van der Waals surface area contributed by atoms with Gasteiger partial charge < -0.3 is 0 Å². The molecule has 1 aromatic heterocycles. The minimum absolute atomic E-state index is 0.255. The van der Waals surface area contributed by atoms with Crippen LogP contribution in [-0.2, 0) is 0 Å². The summed E-state index contributed by atoms with van der Waals surface area (Å²) in [6.45, 7) is 0. The average Bonchev–Trinajstić information content (AvgIpc) is 1.89. The highest BCUT2D eigenvalue weighted by molar-refractivity contribution is 6.35. The second-order valence-electron chi connectivity index (χ2n) is 1.56. The van der Waals surface area contributed by atoms with Crippen LogP contribution in [0.4, 0.5) is 10.2 Å². The molecule has 9 heavy (non-hydrogen) atoms. The van der Waals surface area contributed by atoms with Gasteiger partial charge >= 0.3 is 0 Å². The van der Waals surface area contributed by atoms with Crippen LogP contribution in [0.25, 0.3) is 0 Å². The van der Waals surface area contributed by atoms with Gasteiger partial charge in [-0.1, -0.05) is 5.46 Å². The van der Waals surface area contributed by atoms with Crippen molar-refractivity contribution in [1.82, 2.24) is 4.98 Å². The van der Waals surface area contributed by atoms with Crippen molar-refractivity contribution in [3.63, 3.8) is 0 Å². The smallest absolute Gasteiger partial charge is 0.119 e. The highest BCUT2D eigenvalue weighted by Gasteiger charge is 1.91. The van der Waals surface area contributed by atoms with E-state index in [0.717, 1.165) is 0 Å². The van der Waals surface area contributed by atoms with Crippen LogP contribution in [0.5, 0.6) is 0 Å². The lowest BCUT2D eigenvalue weighted by atomic mass is 9.97. The Kier molecular flexibility index (Phi) is 1.67. The summed E-state index contributed by atoms with van der Waals surface area (Å²) in [6, 6.07) is 1.45. The maximum absolute atomic E-state index is 11.6. The lowest BCUT2D eigenvalue weighted by Gasteiger charge is -1.97. The van der Waals surface area contributed by atoms with E-state index < -0.39 is 0 Å². The third kappa shape index (κ3) is 1.19. The molecule has 4 heteroatoms. The summed E-state index contributed by atoms with van der Waals surface area (Å²) >= 11 is 0. The van der Waals surface area contributed by atoms with Crippen LogP contribution in [-0.4, -0.2) is 12.8 Å². The van der Waals surface area contributed by atoms with E-state index >= 15 is 0 Å². The summed E-state index contributed by atoms with van der Waals surface area (Å²) in [7, 11) is 5.27. The SMILES string of the molecule is [B]c1cnccc1NF. The average molecular weight is 122 g/mol. The van der Waals surface area contributed by atoms with Gasteiger partial charge in [0.15, 0.2) is 0 Å². The van der Waals surface area contributed by atoms with Gasteiger partial charge in [-0.2, -0.15) is 0 Å². The maximum atomic E-state index is 11.6. The molecular formula is C5H4BFN2. The Morgan fingerprint density at radius 2 is 2.44 bits per heavy atom.